The summed E-state index contributed by atoms with van der Waals surface area (Å²) in [5, 5.41) is 0. The molecule has 0 atom stereocenters. The third-order valence-electron chi connectivity index (χ3n) is 0. The van der Waals surface area contributed by atoms with Crippen LogP contribution in [0.4, 0.5) is 0 Å². The average Bonchev–Trinajstić information content (AvgIpc) is 0. The minimum atomic E-state index is 0. The summed E-state index contributed by atoms with van der Waals surface area (Å²) in [5.74, 6) is 0. The van der Waals surface area contributed by atoms with Crippen molar-refractivity contribution < 1.29 is 0 Å². The Hall–Kier alpha value is 5.64. The van der Waals surface area contributed by atoms with Crippen molar-refractivity contribution in [1.82, 2.24) is 0 Å². The van der Waals surface area contributed by atoms with Gasteiger partial charge in [-0.25, -0.2) is 0 Å². The molecule has 0 N–H and O–H groups in total. The molecule has 0 aromatic heterocycles. The Bertz CT molecular complexity index is 3.61. The van der Waals surface area contributed by atoms with Crippen LogP contribution < -0.4 is 0 Å². The Morgan fingerprint density at radius 1 is 0.400 bits per heavy atom. The van der Waals surface area contributed by atoms with E-state index in [0.717, 1.165) is 0 Å². The van der Waals surface area contributed by atoms with Crippen molar-refractivity contribution in [3.8, 4) is 0 Å². The number of rotatable bonds is 0. The van der Waals surface area contributed by atoms with Crippen LogP contribution in [0.1, 0.15) is 0 Å². The fourth-order valence-electron chi connectivity index (χ4n) is 0. The monoisotopic (exact) mass is 136 g/mol. The van der Waals surface area contributed by atoms with Crippen LogP contribution in [-0.4, -0.2) is 170 Å². The molecule has 0 amide bonds. The van der Waals surface area contributed by atoms with E-state index in [1.54, 1.807) is 0 Å². The van der Waals surface area contributed by atoms with Crippen LogP contribution in [0.25, 0.3) is 0 Å². The van der Waals surface area contributed by atoms with Gasteiger partial charge in [-0.05, 0) is 0 Å². The molecule has 0 bridgehead atoms. The van der Waals surface area contributed by atoms with Crippen molar-refractivity contribution in [2.75, 3.05) is 0 Å². The molecule has 0 aromatic rings. The number of hydrogen-bond acceptors (Lipinski definition) is 0. The summed E-state index contributed by atoms with van der Waals surface area (Å²) in [6, 6.07) is 0. The van der Waals surface area contributed by atoms with E-state index < -0.39 is 0 Å². The molecule has 0 fully saturated rings. The summed E-state index contributed by atoms with van der Waals surface area (Å²) >= 11 is 0. The van der Waals surface area contributed by atoms with E-state index in [9.17, 15) is 0 Å². The third kappa shape index (κ3) is 17.7. The van der Waals surface area contributed by atoms with Crippen LogP contribution in [0.5, 0.6) is 0 Å². The van der Waals surface area contributed by atoms with Gasteiger partial charge in [0.1, 0.15) is 0 Å². The van der Waals surface area contributed by atoms with Gasteiger partial charge in [-0.3, -0.25) is 0 Å². The Balaban J connectivity index is 0. The van der Waals surface area contributed by atoms with Gasteiger partial charge in [0.25, 0.3) is 0 Å². The van der Waals surface area contributed by atoms with Gasteiger partial charge >= 0.3 is 170 Å². The van der Waals surface area contributed by atoms with Gasteiger partial charge in [-0.15, -0.1) is 0 Å². The van der Waals surface area contributed by atoms with Gasteiger partial charge < -0.3 is 0 Å². The first-order chi connectivity index (χ1) is 0. The van der Waals surface area contributed by atoms with E-state index in [2.05, 4.69) is 0 Å². The normalized spacial score (nSPS) is 0. The van der Waals surface area contributed by atoms with Crippen LogP contribution in [0, 0.1) is 0 Å². The fourth-order valence-corrected chi connectivity index (χ4v) is 0. The van der Waals surface area contributed by atoms with Gasteiger partial charge in [0.2, 0.25) is 0 Å². The first kappa shape index (κ1) is 31.1. The van der Waals surface area contributed by atoms with Crippen LogP contribution in [0.15, 0.2) is 0 Å². The predicted octanol–water partition coefficient (Wildman–Crippen LogP) is -3.24. The molecule has 0 rings (SSSR count). The van der Waals surface area contributed by atoms with E-state index in [1.807, 2.05) is 0 Å². The molecule has 5 heavy (non-hydrogen) atoms. The molecule has 0 spiro atoms. The minimum absolute atomic E-state index is 0. The molecular formula is H5KNa4. The predicted molar refractivity (Wildman–Crippen MR) is 35.7 cm³/mol. The van der Waals surface area contributed by atoms with Crippen molar-refractivity contribution in [2.24, 2.45) is 0 Å². The zero-order valence-electron chi connectivity index (χ0n) is 0. The van der Waals surface area contributed by atoms with Crippen LogP contribution >= 0.6 is 0 Å². The summed E-state index contributed by atoms with van der Waals surface area (Å²) in [6.45, 7) is 0. The van der Waals surface area contributed by atoms with Crippen molar-refractivity contribution in [3.05, 3.63) is 0 Å². The van der Waals surface area contributed by atoms with Crippen molar-refractivity contribution in [1.29, 1.82) is 0 Å². The standard InChI is InChI=1S/K.4Na.5H. The Morgan fingerprint density at radius 2 is 0.400 bits per heavy atom. The summed E-state index contributed by atoms with van der Waals surface area (Å²) in [6.07, 6.45) is 0. The second-order valence-electron chi connectivity index (χ2n) is 0. The third-order valence-corrected chi connectivity index (χ3v) is 0. The average molecular weight is 136 g/mol. The molecular weight excluding hydrogens is 131 g/mol. The van der Waals surface area contributed by atoms with Gasteiger partial charge in [-0.1, -0.05) is 0 Å². The van der Waals surface area contributed by atoms with Gasteiger partial charge in [0.15, 0.2) is 0 Å². The molecule has 0 unspecified atom stereocenters. The van der Waals surface area contributed by atoms with E-state index in [0.29, 0.717) is 0 Å². The van der Waals surface area contributed by atoms with E-state index in [-0.39, 0.29) is 170 Å². The fraction of sp³-hybridized carbons (Fsp3) is 0. The summed E-state index contributed by atoms with van der Waals surface area (Å²) in [4.78, 5) is 0. The molecule has 0 heterocycles. The summed E-state index contributed by atoms with van der Waals surface area (Å²) < 4.78 is 0. The molecule has 0 aliphatic rings. The van der Waals surface area contributed by atoms with E-state index >= 15 is 0 Å². The molecule has 0 aliphatic heterocycles. The van der Waals surface area contributed by atoms with E-state index in [4.69, 9.17) is 0 Å². The molecule has 0 saturated carbocycles. The molecule has 0 nitrogen and oxygen atoms in total. The van der Waals surface area contributed by atoms with Crippen LogP contribution in [-0.2, 0) is 0 Å². The Labute approximate surface area is 164 Å². The molecule has 0 saturated heterocycles. The van der Waals surface area contributed by atoms with Gasteiger partial charge in [-0.2, -0.15) is 0 Å². The van der Waals surface area contributed by atoms with Crippen molar-refractivity contribution in [2.45, 2.75) is 0 Å². The second-order valence-corrected chi connectivity index (χ2v) is 0. The Kier molecular flexibility index (Phi) is 141. The molecule has 0 radical (unpaired) electrons. The van der Waals surface area contributed by atoms with Gasteiger partial charge in [0, 0.05) is 0 Å². The zero-order valence-corrected chi connectivity index (χ0v) is 0. The van der Waals surface area contributed by atoms with Crippen molar-refractivity contribution >= 4 is 170 Å². The molecule has 0 aliphatic carbocycles. The van der Waals surface area contributed by atoms with Crippen molar-refractivity contribution in [3.63, 3.8) is 0 Å². The maximum atomic E-state index is 0. The number of hydrogen-bond donors (Lipinski definition) is 0. The summed E-state index contributed by atoms with van der Waals surface area (Å²) in [7, 11) is 0. The Morgan fingerprint density at radius 3 is 0.400 bits per heavy atom. The van der Waals surface area contributed by atoms with Crippen LogP contribution in [0.3, 0.4) is 0 Å². The quantitative estimate of drug-likeness (QED) is 0.307. The summed E-state index contributed by atoms with van der Waals surface area (Å²) in [5.41, 5.74) is 0. The topological polar surface area (TPSA) is 0 Å². The van der Waals surface area contributed by atoms with E-state index in [1.165, 1.54) is 0 Å². The molecule has 10 valence electrons. The second kappa shape index (κ2) is 22.6. The zero-order chi connectivity index (χ0) is 0. The molecule has 5 heteroatoms. The van der Waals surface area contributed by atoms with Gasteiger partial charge in [0.05, 0.1) is 0 Å². The maximum absolute atomic E-state index is 0. The van der Waals surface area contributed by atoms with Crippen LogP contribution in [0.2, 0.25) is 0 Å². The first-order valence-corrected chi connectivity index (χ1v) is 0. The SMILES string of the molecule is [KH].[NaH].[NaH].[NaH].[NaH]. The first-order valence-electron chi connectivity index (χ1n) is 0. The molecule has 0 aromatic carbocycles.